The average Bonchev–Trinajstić information content (AvgIpc) is 3.13. The van der Waals surface area contributed by atoms with Crippen molar-refractivity contribution in [2.45, 2.75) is 44.2 Å². The molecular weight excluding hydrogens is 440 g/mol. The van der Waals surface area contributed by atoms with Gasteiger partial charge in [0.1, 0.15) is 18.2 Å². The second-order valence-corrected chi connectivity index (χ2v) is 8.55. The Labute approximate surface area is 197 Å². The van der Waals surface area contributed by atoms with Gasteiger partial charge in [0.15, 0.2) is 0 Å². The first kappa shape index (κ1) is 24.8. The molecule has 1 aliphatic carbocycles. The number of esters is 1. The van der Waals surface area contributed by atoms with E-state index in [1.807, 2.05) is 48.5 Å². The van der Waals surface area contributed by atoms with E-state index in [0.717, 1.165) is 22.3 Å². The summed E-state index contributed by atoms with van der Waals surface area (Å²) < 4.78 is 9.96. The molecule has 2 amide bonds. The summed E-state index contributed by atoms with van der Waals surface area (Å²) in [6, 6.07) is 14.5. The third-order valence-corrected chi connectivity index (χ3v) is 5.79. The van der Waals surface area contributed by atoms with Crippen molar-refractivity contribution in [1.29, 1.82) is 0 Å². The van der Waals surface area contributed by atoms with Gasteiger partial charge in [-0.05, 0) is 42.5 Å². The van der Waals surface area contributed by atoms with Crippen LogP contribution >= 0.6 is 0 Å². The van der Waals surface area contributed by atoms with Crippen LogP contribution in [-0.2, 0) is 23.9 Å². The summed E-state index contributed by atoms with van der Waals surface area (Å²) in [5.41, 5.74) is 2.85. The zero-order chi connectivity index (χ0) is 24.9. The molecule has 0 aliphatic heterocycles. The van der Waals surface area contributed by atoms with Crippen molar-refractivity contribution >= 4 is 23.9 Å². The molecule has 0 bridgehead atoms. The predicted molar refractivity (Wildman–Crippen MR) is 123 cm³/mol. The molecule has 9 heteroatoms. The highest BCUT2D eigenvalue weighted by molar-refractivity contribution is 5.92. The van der Waals surface area contributed by atoms with Gasteiger partial charge in [0.05, 0.1) is 7.11 Å². The fourth-order valence-corrected chi connectivity index (χ4v) is 3.91. The lowest BCUT2D eigenvalue weighted by atomic mass is 9.98. The number of methoxy groups -OCH3 is 1. The van der Waals surface area contributed by atoms with Crippen LogP contribution in [0.1, 0.15) is 43.7 Å². The lowest BCUT2D eigenvalue weighted by Crippen LogP contribution is -2.58. The highest BCUT2D eigenvalue weighted by Gasteiger charge is 2.34. The van der Waals surface area contributed by atoms with Gasteiger partial charge in [0.2, 0.25) is 5.91 Å². The van der Waals surface area contributed by atoms with E-state index in [1.165, 1.54) is 21.0 Å². The van der Waals surface area contributed by atoms with Crippen LogP contribution in [0.4, 0.5) is 4.79 Å². The normalized spacial score (nSPS) is 13.3. The Balaban J connectivity index is 1.60. The van der Waals surface area contributed by atoms with E-state index in [0.29, 0.717) is 0 Å². The summed E-state index contributed by atoms with van der Waals surface area (Å²) in [6.07, 6.45) is -1.12. The Morgan fingerprint density at radius 3 is 2.09 bits per heavy atom. The summed E-state index contributed by atoms with van der Waals surface area (Å²) in [5.74, 6) is -2.74. The summed E-state index contributed by atoms with van der Waals surface area (Å²) in [5, 5.41) is 14.2. The first-order valence-corrected chi connectivity index (χ1v) is 10.9. The number of benzene rings is 2. The van der Waals surface area contributed by atoms with Crippen molar-refractivity contribution in [3.8, 4) is 11.1 Å². The molecule has 1 atom stereocenters. The van der Waals surface area contributed by atoms with Gasteiger partial charge < -0.3 is 25.2 Å². The predicted octanol–water partition coefficient (Wildman–Crippen LogP) is 2.83. The molecule has 2 aromatic rings. The number of carboxylic acid groups (broad SMARTS) is 1. The third kappa shape index (κ3) is 5.54. The molecule has 0 unspecified atom stereocenters. The van der Waals surface area contributed by atoms with Crippen molar-refractivity contribution in [3.63, 3.8) is 0 Å². The molecule has 1 aliphatic rings. The molecule has 0 radical (unpaired) electrons. The highest BCUT2D eigenvalue weighted by atomic mass is 16.5. The summed E-state index contributed by atoms with van der Waals surface area (Å²) in [4.78, 5) is 47.9. The summed E-state index contributed by atoms with van der Waals surface area (Å²) in [7, 11) is 1.19. The first-order chi connectivity index (χ1) is 16.1. The Kier molecular flexibility index (Phi) is 7.55. The number of amides is 2. The Hall–Kier alpha value is -3.88. The lowest BCUT2D eigenvalue weighted by Gasteiger charge is -2.27. The molecule has 34 heavy (non-hydrogen) atoms. The SMILES string of the molecule is COC(=O)CC[C@@H](NC(=O)C(C)(C)NC(=O)OCC1c2ccccc2-c2ccccc21)C(=O)O. The number of hydrogen-bond donors (Lipinski definition) is 3. The molecule has 3 N–H and O–H groups in total. The molecule has 3 rings (SSSR count). The number of hydrogen-bond acceptors (Lipinski definition) is 6. The van der Waals surface area contributed by atoms with Crippen LogP contribution in [0.25, 0.3) is 11.1 Å². The maximum atomic E-state index is 12.7. The van der Waals surface area contributed by atoms with Crippen LogP contribution in [0.3, 0.4) is 0 Å². The quantitative estimate of drug-likeness (QED) is 0.482. The molecule has 0 saturated carbocycles. The standard InChI is InChI=1S/C25H28N2O7/c1-25(2,23(31)26-20(22(29)30)12-13-21(28)33-3)27-24(32)34-14-19-17-10-6-4-8-15(17)16-9-5-7-11-18(16)19/h4-11,19-20H,12-14H2,1-3H3,(H,26,31)(H,27,32)(H,29,30)/t20-/m1/s1. The zero-order valence-electron chi connectivity index (χ0n) is 19.3. The minimum absolute atomic E-state index is 0.0778. The van der Waals surface area contributed by atoms with E-state index in [9.17, 15) is 24.3 Å². The van der Waals surface area contributed by atoms with Crippen molar-refractivity contribution in [1.82, 2.24) is 10.6 Å². The Morgan fingerprint density at radius 1 is 1.00 bits per heavy atom. The number of rotatable bonds is 9. The lowest BCUT2D eigenvalue weighted by molar-refractivity contribution is -0.144. The van der Waals surface area contributed by atoms with E-state index in [1.54, 1.807) is 0 Å². The maximum Gasteiger partial charge on any atom is 0.408 e. The van der Waals surface area contributed by atoms with Gasteiger partial charge in [-0.15, -0.1) is 0 Å². The van der Waals surface area contributed by atoms with Gasteiger partial charge in [-0.1, -0.05) is 48.5 Å². The van der Waals surface area contributed by atoms with Crippen LogP contribution in [0, 0.1) is 0 Å². The summed E-state index contributed by atoms with van der Waals surface area (Å²) in [6.45, 7) is 2.94. The first-order valence-electron chi connectivity index (χ1n) is 10.9. The van der Waals surface area contributed by atoms with Crippen LogP contribution in [-0.4, -0.2) is 54.3 Å². The number of ether oxygens (including phenoxy) is 2. The molecule has 0 fully saturated rings. The molecule has 180 valence electrons. The van der Waals surface area contributed by atoms with Crippen LogP contribution in [0.5, 0.6) is 0 Å². The number of carbonyl (C=O) groups is 4. The van der Waals surface area contributed by atoms with E-state index in [-0.39, 0.29) is 25.4 Å². The van der Waals surface area contributed by atoms with E-state index in [4.69, 9.17) is 4.74 Å². The van der Waals surface area contributed by atoms with Crippen LogP contribution < -0.4 is 10.6 Å². The van der Waals surface area contributed by atoms with Gasteiger partial charge in [0, 0.05) is 12.3 Å². The van der Waals surface area contributed by atoms with Gasteiger partial charge >= 0.3 is 18.0 Å². The number of nitrogens with one attached hydrogen (secondary N) is 2. The van der Waals surface area contributed by atoms with Crippen molar-refractivity contribution in [2.75, 3.05) is 13.7 Å². The fourth-order valence-electron chi connectivity index (χ4n) is 3.91. The van der Waals surface area contributed by atoms with Gasteiger partial charge in [-0.25, -0.2) is 9.59 Å². The minimum Gasteiger partial charge on any atom is -0.480 e. The highest BCUT2D eigenvalue weighted by Crippen LogP contribution is 2.44. The topological polar surface area (TPSA) is 131 Å². The van der Waals surface area contributed by atoms with E-state index >= 15 is 0 Å². The monoisotopic (exact) mass is 468 g/mol. The fraction of sp³-hybridized carbons (Fsp3) is 0.360. The van der Waals surface area contributed by atoms with Crippen molar-refractivity contribution in [3.05, 3.63) is 59.7 Å². The molecule has 2 aromatic carbocycles. The minimum atomic E-state index is -1.46. The molecule has 0 aromatic heterocycles. The molecule has 0 heterocycles. The van der Waals surface area contributed by atoms with E-state index < -0.39 is 35.5 Å². The van der Waals surface area contributed by atoms with Gasteiger partial charge in [0.25, 0.3) is 0 Å². The number of fused-ring (bicyclic) bond motifs is 3. The summed E-state index contributed by atoms with van der Waals surface area (Å²) >= 11 is 0. The molecule has 0 spiro atoms. The average molecular weight is 469 g/mol. The van der Waals surface area contributed by atoms with Gasteiger partial charge in [-0.2, -0.15) is 0 Å². The van der Waals surface area contributed by atoms with Crippen LogP contribution in [0.2, 0.25) is 0 Å². The van der Waals surface area contributed by atoms with E-state index in [2.05, 4.69) is 15.4 Å². The maximum absolute atomic E-state index is 12.7. The number of alkyl carbamates (subject to hydrolysis) is 1. The second-order valence-electron chi connectivity index (χ2n) is 8.55. The smallest absolute Gasteiger partial charge is 0.408 e. The Morgan fingerprint density at radius 2 is 1.56 bits per heavy atom. The Bertz CT molecular complexity index is 1050. The number of carboxylic acids is 1. The second kappa shape index (κ2) is 10.4. The van der Waals surface area contributed by atoms with Crippen molar-refractivity contribution < 1.29 is 33.8 Å². The number of aliphatic carboxylic acids is 1. The zero-order valence-corrected chi connectivity index (χ0v) is 19.3. The molecule has 0 saturated heterocycles. The molecule has 9 nitrogen and oxygen atoms in total. The molecular formula is C25H28N2O7. The van der Waals surface area contributed by atoms with Crippen LogP contribution in [0.15, 0.2) is 48.5 Å². The largest absolute Gasteiger partial charge is 0.480 e. The third-order valence-electron chi connectivity index (χ3n) is 5.79. The number of carbonyl (C=O) groups excluding carboxylic acids is 3. The van der Waals surface area contributed by atoms with Crippen molar-refractivity contribution in [2.24, 2.45) is 0 Å². The van der Waals surface area contributed by atoms with Gasteiger partial charge in [-0.3, -0.25) is 9.59 Å².